The zero-order chi connectivity index (χ0) is 14.7. The fraction of sp³-hybridized carbons (Fsp3) is 0. The average molecular weight is 276 g/mol. The highest BCUT2D eigenvalue weighted by Crippen LogP contribution is 2.38. The van der Waals surface area contributed by atoms with Crippen molar-refractivity contribution in [1.29, 1.82) is 0 Å². The van der Waals surface area contributed by atoms with Crippen LogP contribution in [0.4, 0.5) is 11.4 Å². The number of hydrogen-bond donors (Lipinski definition) is 1. The molecule has 0 aromatic heterocycles. The van der Waals surface area contributed by atoms with Gasteiger partial charge in [-0.2, -0.15) is 5.11 Å². The van der Waals surface area contributed by atoms with Crippen molar-refractivity contribution in [3.05, 3.63) is 66.2 Å². The van der Waals surface area contributed by atoms with Crippen molar-refractivity contribution in [2.45, 2.75) is 0 Å². The molecule has 0 heterocycles. The van der Waals surface area contributed by atoms with Crippen LogP contribution in [-0.2, 0) is 0 Å². The Bertz CT molecular complexity index is 827. The second-order valence-electron chi connectivity index (χ2n) is 4.54. The highest BCUT2D eigenvalue weighted by Gasteiger charge is 2.11. The number of benzene rings is 3. The molecule has 102 valence electrons. The van der Waals surface area contributed by atoms with Crippen LogP contribution in [0.25, 0.3) is 10.8 Å². The lowest BCUT2D eigenvalue weighted by atomic mass is 10.0. The van der Waals surface area contributed by atoms with Gasteiger partial charge < -0.3 is 5.11 Å². The van der Waals surface area contributed by atoms with Gasteiger partial charge in [0.2, 0.25) is 0 Å². The summed E-state index contributed by atoms with van der Waals surface area (Å²) in [5.74, 6) is -0.150. The van der Waals surface area contributed by atoms with Crippen LogP contribution in [0.15, 0.2) is 70.9 Å². The number of carbonyl (C=O) groups excluding carboxylic acids is 1. The van der Waals surface area contributed by atoms with E-state index in [9.17, 15) is 9.90 Å². The van der Waals surface area contributed by atoms with Gasteiger partial charge in [0.1, 0.15) is 5.69 Å². The minimum absolute atomic E-state index is 0.150. The molecule has 0 amide bonds. The average Bonchev–Trinajstić information content (AvgIpc) is 2.54. The number of aromatic hydroxyl groups is 1. The summed E-state index contributed by atoms with van der Waals surface area (Å²) in [6, 6.07) is 18.3. The standard InChI is InChI=1S/C17H12N2O2/c20-11-13-10-12-6-4-5-9-15(12)16(17(13)21)19-18-14-7-2-1-3-8-14/h1-11,21H/b19-18+. The van der Waals surface area contributed by atoms with Crippen LogP contribution in [0.5, 0.6) is 5.75 Å². The maximum atomic E-state index is 11.1. The van der Waals surface area contributed by atoms with E-state index in [2.05, 4.69) is 10.2 Å². The third kappa shape index (κ3) is 2.51. The molecule has 0 saturated carbocycles. The van der Waals surface area contributed by atoms with E-state index in [0.29, 0.717) is 17.7 Å². The van der Waals surface area contributed by atoms with Gasteiger partial charge in [0.05, 0.1) is 11.3 Å². The summed E-state index contributed by atoms with van der Waals surface area (Å²) in [5, 5.41) is 20.0. The molecule has 0 bridgehead atoms. The SMILES string of the molecule is O=Cc1cc2ccccc2c(/N=N/c2ccccc2)c1O. The summed E-state index contributed by atoms with van der Waals surface area (Å²) in [5.41, 5.74) is 1.19. The quantitative estimate of drug-likeness (QED) is 0.553. The van der Waals surface area contributed by atoms with Gasteiger partial charge in [-0.05, 0) is 23.6 Å². The first kappa shape index (κ1) is 13.0. The number of phenols is 1. The van der Waals surface area contributed by atoms with Crippen molar-refractivity contribution in [3.8, 4) is 5.75 Å². The van der Waals surface area contributed by atoms with Crippen molar-refractivity contribution in [2.24, 2.45) is 10.2 Å². The van der Waals surface area contributed by atoms with Crippen molar-refractivity contribution < 1.29 is 9.90 Å². The Morgan fingerprint density at radius 3 is 2.38 bits per heavy atom. The minimum atomic E-state index is -0.150. The largest absolute Gasteiger partial charge is 0.505 e. The smallest absolute Gasteiger partial charge is 0.154 e. The van der Waals surface area contributed by atoms with E-state index < -0.39 is 0 Å². The van der Waals surface area contributed by atoms with Crippen LogP contribution in [0.2, 0.25) is 0 Å². The summed E-state index contributed by atoms with van der Waals surface area (Å²) in [7, 11) is 0. The van der Waals surface area contributed by atoms with Crippen molar-refractivity contribution in [3.63, 3.8) is 0 Å². The molecule has 4 nitrogen and oxygen atoms in total. The molecule has 0 aliphatic heterocycles. The second kappa shape index (κ2) is 5.54. The van der Waals surface area contributed by atoms with E-state index in [1.54, 1.807) is 6.07 Å². The Balaban J connectivity index is 2.18. The number of azo groups is 1. The maximum Gasteiger partial charge on any atom is 0.154 e. The monoisotopic (exact) mass is 276 g/mol. The van der Waals surface area contributed by atoms with Gasteiger partial charge in [0, 0.05) is 5.39 Å². The third-order valence-electron chi connectivity index (χ3n) is 3.17. The molecule has 0 saturated heterocycles. The predicted molar refractivity (Wildman–Crippen MR) is 81.6 cm³/mol. The topological polar surface area (TPSA) is 62.0 Å². The number of nitrogens with zero attached hydrogens (tertiary/aromatic N) is 2. The lowest BCUT2D eigenvalue weighted by molar-refractivity contribution is 0.112. The number of phenolic OH excluding ortho intramolecular Hbond substituents is 1. The number of hydrogen-bond acceptors (Lipinski definition) is 4. The number of rotatable bonds is 3. The predicted octanol–water partition coefficient (Wildman–Crippen LogP) is 4.77. The van der Waals surface area contributed by atoms with E-state index >= 15 is 0 Å². The van der Waals surface area contributed by atoms with Crippen LogP contribution in [-0.4, -0.2) is 11.4 Å². The summed E-state index contributed by atoms with van der Waals surface area (Å²) >= 11 is 0. The lowest BCUT2D eigenvalue weighted by Gasteiger charge is -2.06. The first-order valence-electron chi connectivity index (χ1n) is 6.46. The van der Waals surface area contributed by atoms with Gasteiger partial charge >= 0.3 is 0 Å². The first-order valence-corrected chi connectivity index (χ1v) is 6.46. The van der Waals surface area contributed by atoms with Gasteiger partial charge in [0.15, 0.2) is 12.0 Å². The molecule has 0 unspecified atom stereocenters. The summed E-state index contributed by atoms with van der Waals surface area (Å²) in [6.07, 6.45) is 0.614. The van der Waals surface area contributed by atoms with Crippen LogP contribution in [0.1, 0.15) is 10.4 Å². The maximum absolute atomic E-state index is 11.1. The molecule has 4 heteroatoms. The van der Waals surface area contributed by atoms with Crippen LogP contribution < -0.4 is 0 Å². The van der Waals surface area contributed by atoms with E-state index in [1.165, 1.54) is 0 Å². The van der Waals surface area contributed by atoms with E-state index in [1.807, 2.05) is 54.6 Å². The van der Waals surface area contributed by atoms with E-state index in [0.717, 1.165) is 10.8 Å². The van der Waals surface area contributed by atoms with Crippen molar-refractivity contribution in [2.75, 3.05) is 0 Å². The summed E-state index contributed by atoms with van der Waals surface area (Å²) in [4.78, 5) is 11.1. The molecule has 3 aromatic carbocycles. The van der Waals surface area contributed by atoms with Crippen LogP contribution in [0, 0.1) is 0 Å². The Kier molecular flexibility index (Phi) is 3.43. The van der Waals surface area contributed by atoms with Gasteiger partial charge in [-0.15, -0.1) is 5.11 Å². The van der Waals surface area contributed by atoms with Crippen molar-refractivity contribution in [1.82, 2.24) is 0 Å². The number of aldehydes is 1. The lowest BCUT2D eigenvalue weighted by Crippen LogP contribution is -1.84. The Labute approximate surface area is 121 Å². The molecule has 3 rings (SSSR count). The molecular weight excluding hydrogens is 264 g/mol. The molecule has 0 atom stereocenters. The van der Waals surface area contributed by atoms with Crippen molar-refractivity contribution >= 4 is 28.4 Å². The van der Waals surface area contributed by atoms with Crippen LogP contribution >= 0.6 is 0 Å². The fourth-order valence-electron chi connectivity index (χ4n) is 2.13. The van der Waals surface area contributed by atoms with Crippen LogP contribution in [0.3, 0.4) is 0 Å². The third-order valence-corrected chi connectivity index (χ3v) is 3.17. The molecule has 0 radical (unpaired) electrons. The number of carbonyl (C=O) groups is 1. The molecule has 0 aliphatic rings. The zero-order valence-electron chi connectivity index (χ0n) is 11.1. The highest BCUT2D eigenvalue weighted by atomic mass is 16.3. The summed E-state index contributed by atoms with van der Waals surface area (Å²) in [6.45, 7) is 0. The molecule has 21 heavy (non-hydrogen) atoms. The van der Waals surface area contributed by atoms with E-state index in [-0.39, 0.29) is 11.3 Å². The molecular formula is C17H12N2O2. The molecule has 3 aromatic rings. The molecule has 0 spiro atoms. The normalized spacial score (nSPS) is 11.0. The van der Waals surface area contributed by atoms with Gasteiger partial charge in [-0.25, -0.2) is 0 Å². The Hall–Kier alpha value is -3.01. The molecule has 0 aliphatic carbocycles. The first-order chi connectivity index (χ1) is 10.3. The van der Waals surface area contributed by atoms with E-state index in [4.69, 9.17) is 0 Å². The molecule has 1 N–H and O–H groups in total. The minimum Gasteiger partial charge on any atom is -0.505 e. The highest BCUT2D eigenvalue weighted by molar-refractivity contribution is 6.01. The second-order valence-corrected chi connectivity index (χ2v) is 4.54. The summed E-state index contributed by atoms with van der Waals surface area (Å²) < 4.78 is 0. The fourth-order valence-corrected chi connectivity index (χ4v) is 2.13. The van der Waals surface area contributed by atoms with Gasteiger partial charge in [-0.3, -0.25) is 4.79 Å². The Morgan fingerprint density at radius 1 is 0.905 bits per heavy atom. The number of fused-ring (bicyclic) bond motifs is 1. The van der Waals surface area contributed by atoms with Gasteiger partial charge in [-0.1, -0.05) is 42.5 Å². The zero-order valence-corrected chi connectivity index (χ0v) is 11.1. The van der Waals surface area contributed by atoms with Gasteiger partial charge in [0.25, 0.3) is 0 Å². The molecule has 0 fully saturated rings. The Morgan fingerprint density at radius 2 is 1.62 bits per heavy atom.